The molecule has 26 heavy (non-hydrogen) atoms. The molecule has 8 heteroatoms. The number of carbonyl (C=O) groups excluding carboxylic acids is 2. The second kappa shape index (κ2) is 7.90. The lowest BCUT2D eigenvalue weighted by atomic mass is 10.2. The molecule has 1 aliphatic rings. The van der Waals surface area contributed by atoms with Crippen LogP contribution in [-0.4, -0.2) is 22.8 Å². The van der Waals surface area contributed by atoms with E-state index in [1.807, 2.05) is 0 Å². The number of hydrogen-bond acceptors (Lipinski definition) is 6. The molecule has 2 aromatic carbocycles. The van der Waals surface area contributed by atoms with Crippen molar-refractivity contribution in [3.05, 3.63) is 64.0 Å². The first kappa shape index (κ1) is 18.4. The van der Waals surface area contributed by atoms with Gasteiger partial charge in [-0.3, -0.25) is 9.69 Å². The molecule has 0 unspecified atom stereocenters. The Hall–Kier alpha value is -2.35. The fourth-order valence-corrected chi connectivity index (χ4v) is 3.74. The van der Waals surface area contributed by atoms with Crippen LogP contribution in [0.2, 0.25) is 5.02 Å². The molecule has 0 saturated carbocycles. The van der Waals surface area contributed by atoms with Crippen molar-refractivity contribution in [2.75, 3.05) is 11.5 Å². The highest BCUT2D eigenvalue weighted by Gasteiger charge is 2.33. The number of carboxylic acids is 1. The largest absolute Gasteiger partial charge is 0.546 e. The summed E-state index contributed by atoms with van der Waals surface area (Å²) in [5.41, 5.74) is 1.38. The molecule has 0 atom stereocenters. The van der Waals surface area contributed by atoms with Crippen molar-refractivity contribution in [2.45, 2.75) is 0 Å². The van der Waals surface area contributed by atoms with Gasteiger partial charge in [0.2, 0.25) is 0 Å². The summed E-state index contributed by atoms with van der Waals surface area (Å²) in [5, 5.41) is 10.9. The summed E-state index contributed by atoms with van der Waals surface area (Å²) in [6.45, 7) is -0.516. The summed E-state index contributed by atoms with van der Waals surface area (Å²) in [6.07, 6.45) is 1.71. The molecule has 1 heterocycles. The van der Waals surface area contributed by atoms with Gasteiger partial charge in [-0.2, -0.15) is 0 Å². The van der Waals surface area contributed by atoms with Gasteiger partial charge in [-0.1, -0.05) is 53.8 Å². The Labute approximate surface area is 164 Å². The second-order valence-electron chi connectivity index (χ2n) is 5.23. The van der Waals surface area contributed by atoms with E-state index in [0.29, 0.717) is 25.7 Å². The van der Waals surface area contributed by atoms with Gasteiger partial charge in [0.05, 0.1) is 16.6 Å². The lowest BCUT2D eigenvalue weighted by Gasteiger charge is -2.14. The SMILES string of the molecule is O=C([O-])COc1ccc(/C=C2\SC(=S)N(c3cccc(Cl)c3)C2=O)cc1. The van der Waals surface area contributed by atoms with Crippen LogP contribution in [0.15, 0.2) is 53.4 Å². The van der Waals surface area contributed by atoms with Crippen molar-refractivity contribution in [1.29, 1.82) is 0 Å². The molecule has 0 bridgehead atoms. The Morgan fingerprint density at radius 3 is 2.65 bits per heavy atom. The van der Waals surface area contributed by atoms with Crippen molar-refractivity contribution in [3.8, 4) is 5.75 Å². The van der Waals surface area contributed by atoms with E-state index in [-0.39, 0.29) is 5.91 Å². The number of aliphatic carboxylic acids is 1. The van der Waals surface area contributed by atoms with E-state index < -0.39 is 12.6 Å². The van der Waals surface area contributed by atoms with Gasteiger partial charge in [0.15, 0.2) is 4.32 Å². The van der Waals surface area contributed by atoms with Gasteiger partial charge in [-0.25, -0.2) is 0 Å². The molecule has 2 aromatic rings. The van der Waals surface area contributed by atoms with E-state index in [9.17, 15) is 14.7 Å². The molecule has 1 amide bonds. The van der Waals surface area contributed by atoms with Crippen LogP contribution < -0.4 is 14.7 Å². The highest BCUT2D eigenvalue weighted by molar-refractivity contribution is 8.27. The molecule has 0 radical (unpaired) electrons. The average molecular weight is 405 g/mol. The van der Waals surface area contributed by atoms with E-state index in [0.717, 1.165) is 5.56 Å². The number of benzene rings is 2. The van der Waals surface area contributed by atoms with Crippen LogP contribution in [0.3, 0.4) is 0 Å². The molecule has 0 aromatic heterocycles. The monoisotopic (exact) mass is 404 g/mol. The first-order valence-corrected chi connectivity index (χ1v) is 9.00. The van der Waals surface area contributed by atoms with Crippen LogP contribution in [0.25, 0.3) is 6.08 Å². The van der Waals surface area contributed by atoms with Gasteiger partial charge >= 0.3 is 0 Å². The summed E-state index contributed by atoms with van der Waals surface area (Å²) >= 11 is 12.5. The minimum absolute atomic E-state index is 0.223. The Bertz CT molecular complexity index is 912. The smallest absolute Gasteiger partial charge is 0.270 e. The number of anilines is 1. The lowest BCUT2D eigenvalue weighted by Crippen LogP contribution is -2.28. The number of halogens is 1. The molecule has 0 N–H and O–H groups in total. The van der Waals surface area contributed by atoms with Crippen LogP contribution >= 0.6 is 35.6 Å². The van der Waals surface area contributed by atoms with Gasteiger partial charge < -0.3 is 14.6 Å². The van der Waals surface area contributed by atoms with E-state index in [1.54, 1.807) is 54.6 Å². The molecule has 1 aliphatic heterocycles. The van der Waals surface area contributed by atoms with E-state index in [4.69, 9.17) is 28.6 Å². The number of thiocarbonyl (C=S) groups is 1. The zero-order valence-corrected chi connectivity index (χ0v) is 15.6. The van der Waals surface area contributed by atoms with E-state index in [1.165, 1.54) is 16.7 Å². The molecule has 5 nitrogen and oxygen atoms in total. The quantitative estimate of drug-likeness (QED) is 0.563. The maximum atomic E-state index is 12.7. The number of rotatable bonds is 5. The minimum Gasteiger partial charge on any atom is -0.546 e. The van der Waals surface area contributed by atoms with Crippen molar-refractivity contribution >= 4 is 63.5 Å². The van der Waals surface area contributed by atoms with Crippen LogP contribution in [0.1, 0.15) is 5.56 Å². The number of nitrogens with zero attached hydrogens (tertiary/aromatic N) is 1. The van der Waals surface area contributed by atoms with Gasteiger partial charge in [-0.05, 0) is 42.0 Å². The number of hydrogen-bond donors (Lipinski definition) is 0. The van der Waals surface area contributed by atoms with Crippen LogP contribution in [0, 0.1) is 0 Å². The normalized spacial score (nSPS) is 15.6. The third-order valence-electron chi connectivity index (χ3n) is 3.39. The van der Waals surface area contributed by atoms with Crippen molar-refractivity contribution < 1.29 is 19.4 Å². The zero-order valence-electron chi connectivity index (χ0n) is 13.2. The molecular formula is C18H11ClNO4S2-. The van der Waals surface area contributed by atoms with Crippen LogP contribution in [0.4, 0.5) is 5.69 Å². The molecular weight excluding hydrogens is 394 g/mol. The van der Waals surface area contributed by atoms with E-state index >= 15 is 0 Å². The standard InChI is InChI=1S/C18H12ClNO4S2/c19-12-2-1-3-13(9-12)20-17(23)15(26-18(20)25)8-11-4-6-14(7-5-11)24-10-16(21)22/h1-9H,10H2,(H,21,22)/p-1/b15-8-. The van der Waals surface area contributed by atoms with Gasteiger partial charge in [-0.15, -0.1) is 0 Å². The molecule has 1 fully saturated rings. The number of ether oxygens (including phenoxy) is 1. The summed E-state index contributed by atoms with van der Waals surface area (Å²) in [7, 11) is 0. The molecule has 1 saturated heterocycles. The lowest BCUT2D eigenvalue weighted by molar-refractivity contribution is -0.307. The maximum absolute atomic E-state index is 12.7. The van der Waals surface area contributed by atoms with Crippen molar-refractivity contribution in [2.24, 2.45) is 0 Å². The Morgan fingerprint density at radius 1 is 1.27 bits per heavy atom. The summed E-state index contributed by atoms with van der Waals surface area (Å²) < 4.78 is 5.45. The predicted molar refractivity (Wildman–Crippen MR) is 104 cm³/mol. The van der Waals surface area contributed by atoms with Crippen LogP contribution in [-0.2, 0) is 9.59 Å². The minimum atomic E-state index is -1.29. The Morgan fingerprint density at radius 2 is 2.00 bits per heavy atom. The topological polar surface area (TPSA) is 69.7 Å². The number of thioether (sulfide) groups is 1. The fourth-order valence-electron chi connectivity index (χ4n) is 2.26. The predicted octanol–water partition coefficient (Wildman–Crippen LogP) is 2.87. The third kappa shape index (κ3) is 4.24. The second-order valence-corrected chi connectivity index (χ2v) is 7.34. The third-order valence-corrected chi connectivity index (χ3v) is 4.93. The van der Waals surface area contributed by atoms with Crippen LogP contribution in [0.5, 0.6) is 5.75 Å². The highest BCUT2D eigenvalue weighted by Crippen LogP contribution is 2.36. The number of amides is 1. The first-order valence-electron chi connectivity index (χ1n) is 7.40. The number of carboxylic acid groups (broad SMARTS) is 1. The van der Waals surface area contributed by atoms with Gasteiger partial charge in [0.25, 0.3) is 5.91 Å². The Kier molecular flexibility index (Phi) is 5.61. The zero-order chi connectivity index (χ0) is 18.7. The summed E-state index contributed by atoms with van der Waals surface area (Å²) in [6, 6.07) is 13.6. The Balaban J connectivity index is 1.78. The van der Waals surface area contributed by atoms with Gasteiger partial charge in [0, 0.05) is 5.02 Å². The van der Waals surface area contributed by atoms with Crippen molar-refractivity contribution in [1.82, 2.24) is 0 Å². The van der Waals surface area contributed by atoms with E-state index in [2.05, 4.69) is 0 Å². The van der Waals surface area contributed by atoms with Crippen molar-refractivity contribution in [3.63, 3.8) is 0 Å². The highest BCUT2D eigenvalue weighted by atomic mass is 35.5. The molecule has 3 rings (SSSR count). The first-order chi connectivity index (χ1) is 12.4. The average Bonchev–Trinajstić information content (AvgIpc) is 2.88. The maximum Gasteiger partial charge on any atom is 0.270 e. The fraction of sp³-hybridized carbons (Fsp3) is 0.0556. The molecule has 0 aliphatic carbocycles. The van der Waals surface area contributed by atoms with Gasteiger partial charge in [0.1, 0.15) is 12.4 Å². The summed E-state index contributed by atoms with van der Waals surface area (Å²) in [5.74, 6) is -1.11. The molecule has 132 valence electrons. The summed E-state index contributed by atoms with van der Waals surface area (Å²) in [4.78, 5) is 25.0. The molecule has 0 spiro atoms. The number of carbonyl (C=O) groups is 2.